The van der Waals surface area contributed by atoms with Gasteiger partial charge in [0.15, 0.2) is 5.78 Å². The molecule has 0 fully saturated rings. The third kappa shape index (κ3) is 5.56. The molecule has 1 heterocycles. The molecule has 4 heteroatoms. The summed E-state index contributed by atoms with van der Waals surface area (Å²) in [5.74, 6) is 0.893. The van der Waals surface area contributed by atoms with E-state index in [1.165, 1.54) is 5.56 Å². The summed E-state index contributed by atoms with van der Waals surface area (Å²) in [6, 6.07) is 27.1. The van der Waals surface area contributed by atoms with Crippen LogP contribution >= 0.6 is 0 Å². The van der Waals surface area contributed by atoms with E-state index in [-0.39, 0.29) is 17.1 Å². The average molecular weight is 519 g/mol. The highest BCUT2D eigenvalue weighted by atomic mass is 16.5. The van der Waals surface area contributed by atoms with Crippen LogP contribution in [-0.2, 0) is 11.3 Å². The van der Waals surface area contributed by atoms with Crippen LogP contribution in [0.15, 0.2) is 114 Å². The van der Waals surface area contributed by atoms with Crippen LogP contribution in [-0.4, -0.2) is 12.9 Å². The van der Waals surface area contributed by atoms with E-state index in [0.717, 1.165) is 63.5 Å². The van der Waals surface area contributed by atoms with Gasteiger partial charge in [0.05, 0.1) is 7.11 Å². The second-order valence-electron chi connectivity index (χ2n) is 11.3. The molecule has 0 radical (unpaired) electrons. The molecule has 0 saturated heterocycles. The zero-order valence-corrected chi connectivity index (χ0v) is 23.4. The van der Waals surface area contributed by atoms with Gasteiger partial charge in [-0.2, -0.15) is 0 Å². The van der Waals surface area contributed by atoms with Crippen molar-refractivity contribution in [3.8, 4) is 16.9 Å². The largest absolute Gasteiger partial charge is 0.497 e. The van der Waals surface area contributed by atoms with E-state index < -0.39 is 0 Å². The molecule has 0 bridgehead atoms. The van der Waals surface area contributed by atoms with Gasteiger partial charge in [-0.05, 0) is 52.6 Å². The molecule has 3 aromatic rings. The normalized spacial score (nSPS) is 18.4. The number of dihydropyridines is 1. The van der Waals surface area contributed by atoms with Crippen LogP contribution in [0.2, 0.25) is 0 Å². The SMILES string of the molecule is C=C(NCc1ccc(OC)cc1)C1=C(CC)NC2=C(C(=O)CC(C)(C)C2)C1c1ccc(-c2ccccc2)cc1. The molecule has 3 aromatic carbocycles. The Morgan fingerprint density at radius 1 is 0.974 bits per heavy atom. The van der Waals surface area contributed by atoms with Gasteiger partial charge >= 0.3 is 0 Å². The summed E-state index contributed by atoms with van der Waals surface area (Å²) >= 11 is 0. The van der Waals surface area contributed by atoms with Crippen molar-refractivity contribution in [1.29, 1.82) is 0 Å². The van der Waals surface area contributed by atoms with Gasteiger partial charge in [0.2, 0.25) is 0 Å². The molecule has 2 N–H and O–H groups in total. The van der Waals surface area contributed by atoms with E-state index in [9.17, 15) is 4.79 Å². The molecule has 0 aromatic heterocycles. The number of Topliss-reactive ketones (excluding diaryl/α,β-unsaturated/α-hetero) is 1. The van der Waals surface area contributed by atoms with Crippen LogP contribution < -0.4 is 15.4 Å². The topological polar surface area (TPSA) is 50.4 Å². The van der Waals surface area contributed by atoms with Crippen LogP contribution in [0.5, 0.6) is 5.75 Å². The Hall–Kier alpha value is -4.05. The minimum absolute atomic E-state index is 0.0649. The van der Waals surface area contributed by atoms with Crippen LogP contribution in [0.25, 0.3) is 11.1 Å². The number of carbonyl (C=O) groups is 1. The third-order valence-electron chi connectivity index (χ3n) is 7.82. The summed E-state index contributed by atoms with van der Waals surface area (Å²) in [6.07, 6.45) is 2.23. The molecule has 1 atom stereocenters. The van der Waals surface area contributed by atoms with Gasteiger partial charge < -0.3 is 15.4 Å². The summed E-state index contributed by atoms with van der Waals surface area (Å²) in [5.41, 5.74) is 9.54. The quantitative estimate of drug-likeness (QED) is 0.321. The fourth-order valence-corrected chi connectivity index (χ4v) is 5.86. The molecule has 200 valence electrons. The Kier molecular flexibility index (Phi) is 7.47. The molecule has 0 saturated carbocycles. The predicted octanol–water partition coefficient (Wildman–Crippen LogP) is 7.66. The molecule has 39 heavy (non-hydrogen) atoms. The summed E-state index contributed by atoms with van der Waals surface area (Å²) in [5, 5.41) is 7.26. The molecule has 1 unspecified atom stereocenters. The fourth-order valence-electron chi connectivity index (χ4n) is 5.86. The number of carbonyl (C=O) groups excluding carboxylic acids is 1. The zero-order chi connectivity index (χ0) is 27.6. The van der Waals surface area contributed by atoms with Crippen molar-refractivity contribution in [3.05, 3.63) is 125 Å². The van der Waals surface area contributed by atoms with Crippen LogP contribution in [0.3, 0.4) is 0 Å². The Bertz CT molecular complexity index is 1430. The Balaban J connectivity index is 1.53. The smallest absolute Gasteiger partial charge is 0.162 e. The molecule has 1 aliphatic heterocycles. The predicted molar refractivity (Wildman–Crippen MR) is 159 cm³/mol. The molecule has 1 aliphatic carbocycles. The second-order valence-corrected chi connectivity index (χ2v) is 11.3. The zero-order valence-electron chi connectivity index (χ0n) is 23.4. The maximum atomic E-state index is 13.7. The minimum Gasteiger partial charge on any atom is -0.497 e. The number of ether oxygens (including phenoxy) is 1. The van der Waals surface area contributed by atoms with E-state index in [2.05, 4.69) is 98.6 Å². The number of benzene rings is 3. The summed E-state index contributed by atoms with van der Waals surface area (Å²) in [6.45, 7) is 11.6. The first-order valence-electron chi connectivity index (χ1n) is 13.8. The van der Waals surface area contributed by atoms with Crippen LogP contribution in [0.4, 0.5) is 0 Å². The Labute approximate surface area is 232 Å². The highest BCUT2D eigenvalue weighted by Gasteiger charge is 2.41. The number of ketones is 1. The lowest BCUT2D eigenvalue weighted by Crippen LogP contribution is -2.38. The number of nitrogens with one attached hydrogen (secondary N) is 2. The molecule has 4 nitrogen and oxygen atoms in total. The standard InChI is InChI=1S/C35H38N2O2/c1-6-29-32(23(2)36-22-24-12-18-28(39-5)19-13-24)33(34-30(37-29)20-35(3,4)21-31(34)38)27-16-14-26(15-17-27)25-10-8-7-9-11-25/h7-19,33,36-37H,2,6,20-22H2,1,3-5H3. The number of hydrogen-bond donors (Lipinski definition) is 2. The van der Waals surface area contributed by atoms with Gasteiger partial charge in [0.1, 0.15) is 5.75 Å². The van der Waals surface area contributed by atoms with Crippen molar-refractivity contribution in [1.82, 2.24) is 10.6 Å². The van der Waals surface area contributed by atoms with Crippen molar-refractivity contribution in [2.75, 3.05) is 7.11 Å². The van der Waals surface area contributed by atoms with E-state index >= 15 is 0 Å². The first-order valence-corrected chi connectivity index (χ1v) is 13.8. The summed E-state index contributed by atoms with van der Waals surface area (Å²) in [4.78, 5) is 13.7. The van der Waals surface area contributed by atoms with E-state index in [1.807, 2.05) is 18.2 Å². The number of hydrogen-bond acceptors (Lipinski definition) is 4. The highest BCUT2D eigenvalue weighted by Crippen LogP contribution is 2.48. The van der Waals surface area contributed by atoms with Crippen LogP contribution in [0, 0.1) is 5.41 Å². The Morgan fingerprint density at radius 2 is 1.64 bits per heavy atom. The first-order chi connectivity index (χ1) is 18.8. The molecule has 2 aliphatic rings. The summed E-state index contributed by atoms with van der Waals surface area (Å²) in [7, 11) is 1.67. The lowest BCUT2D eigenvalue weighted by molar-refractivity contribution is -0.118. The lowest BCUT2D eigenvalue weighted by atomic mass is 9.68. The van der Waals surface area contributed by atoms with Crippen molar-refractivity contribution in [3.63, 3.8) is 0 Å². The number of methoxy groups -OCH3 is 1. The first kappa shape index (κ1) is 26.6. The van der Waals surface area contributed by atoms with Gasteiger partial charge in [-0.25, -0.2) is 0 Å². The molecular weight excluding hydrogens is 480 g/mol. The van der Waals surface area contributed by atoms with Crippen LogP contribution in [0.1, 0.15) is 57.1 Å². The molecular formula is C35H38N2O2. The van der Waals surface area contributed by atoms with Gasteiger partial charge in [-0.15, -0.1) is 0 Å². The number of allylic oxidation sites excluding steroid dienone is 4. The summed E-state index contributed by atoms with van der Waals surface area (Å²) < 4.78 is 5.30. The molecule has 0 spiro atoms. The minimum atomic E-state index is -0.166. The van der Waals surface area contributed by atoms with Crippen molar-refractivity contribution in [2.45, 2.75) is 52.5 Å². The van der Waals surface area contributed by atoms with Gasteiger partial charge in [-0.3, -0.25) is 4.79 Å². The lowest BCUT2D eigenvalue weighted by Gasteiger charge is -2.41. The van der Waals surface area contributed by atoms with E-state index in [1.54, 1.807) is 7.11 Å². The van der Waals surface area contributed by atoms with Gasteiger partial charge in [0.25, 0.3) is 0 Å². The highest BCUT2D eigenvalue weighted by molar-refractivity contribution is 6.00. The van der Waals surface area contributed by atoms with Crippen molar-refractivity contribution >= 4 is 5.78 Å². The third-order valence-corrected chi connectivity index (χ3v) is 7.82. The number of rotatable bonds is 8. The molecule has 0 amide bonds. The Morgan fingerprint density at radius 3 is 2.28 bits per heavy atom. The van der Waals surface area contributed by atoms with Gasteiger partial charge in [0, 0.05) is 47.1 Å². The second kappa shape index (κ2) is 11.0. The van der Waals surface area contributed by atoms with Crippen molar-refractivity contribution in [2.24, 2.45) is 5.41 Å². The van der Waals surface area contributed by atoms with Crippen molar-refractivity contribution < 1.29 is 9.53 Å². The fraction of sp³-hybridized carbons (Fsp3) is 0.286. The molecule has 5 rings (SSSR count). The average Bonchev–Trinajstić information content (AvgIpc) is 2.95. The maximum absolute atomic E-state index is 13.7. The maximum Gasteiger partial charge on any atom is 0.162 e. The monoisotopic (exact) mass is 518 g/mol. The van der Waals surface area contributed by atoms with E-state index in [4.69, 9.17) is 4.74 Å². The van der Waals surface area contributed by atoms with E-state index in [0.29, 0.717) is 13.0 Å². The van der Waals surface area contributed by atoms with Gasteiger partial charge in [-0.1, -0.05) is 94.1 Å².